The van der Waals surface area contributed by atoms with Crippen LogP contribution in [0.25, 0.3) is 0 Å². The highest BCUT2D eigenvalue weighted by Gasteiger charge is 2.19. The lowest BCUT2D eigenvalue weighted by Crippen LogP contribution is -2.33. The number of nitrogens with two attached hydrogens (primary N) is 1. The smallest absolute Gasteiger partial charge is 0.254 e. The minimum atomic E-state index is -0.869. The number of nitrogen functional groups attached to an aromatic ring is 1. The van der Waals surface area contributed by atoms with Gasteiger partial charge in [0, 0.05) is 18.7 Å². The summed E-state index contributed by atoms with van der Waals surface area (Å²) in [4.78, 5) is 14.1. The fraction of sp³-hybridized carbons (Fsp3) is 0.533. The van der Waals surface area contributed by atoms with E-state index in [1.807, 2.05) is 19.3 Å². The third-order valence-corrected chi connectivity index (χ3v) is 3.28. The lowest BCUT2D eigenvalue weighted by Gasteiger charge is -2.22. The van der Waals surface area contributed by atoms with Gasteiger partial charge in [-0.25, -0.2) is 8.78 Å². The molecule has 0 aliphatic carbocycles. The van der Waals surface area contributed by atoms with E-state index in [4.69, 9.17) is 5.84 Å². The van der Waals surface area contributed by atoms with E-state index >= 15 is 0 Å². The topological polar surface area (TPSA) is 58.4 Å². The second-order valence-corrected chi connectivity index (χ2v) is 4.96. The Morgan fingerprint density at radius 1 is 1.14 bits per heavy atom. The summed E-state index contributed by atoms with van der Waals surface area (Å²) >= 11 is 0. The average molecular weight is 299 g/mol. The van der Waals surface area contributed by atoms with Gasteiger partial charge in [0.1, 0.15) is 5.69 Å². The number of rotatable bonds is 8. The van der Waals surface area contributed by atoms with Gasteiger partial charge in [0.15, 0.2) is 11.6 Å². The number of nitrogens with one attached hydrogen (secondary N) is 1. The number of halogens is 2. The largest absolute Gasteiger partial charge is 0.339 e. The minimum absolute atomic E-state index is 0.0104. The van der Waals surface area contributed by atoms with Gasteiger partial charge in [-0.05, 0) is 25.0 Å². The fourth-order valence-corrected chi connectivity index (χ4v) is 2.03. The van der Waals surface area contributed by atoms with E-state index in [1.165, 1.54) is 0 Å². The maximum absolute atomic E-state index is 13.7. The molecule has 0 atom stereocenters. The van der Waals surface area contributed by atoms with E-state index in [0.29, 0.717) is 13.1 Å². The first-order chi connectivity index (χ1) is 10.0. The van der Waals surface area contributed by atoms with Gasteiger partial charge in [-0.3, -0.25) is 10.6 Å². The molecule has 0 aliphatic rings. The molecule has 1 aromatic rings. The van der Waals surface area contributed by atoms with Crippen LogP contribution in [0.5, 0.6) is 0 Å². The van der Waals surface area contributed by atoms with Gasteiger partial charge in [-0.15, -0.1) is 0 Å². The summed E-state index contributed by atoms with van der Waals surface area (Å²) < 4.78 is 27.4. The molecular weight excluding hydrogens is 276 g/mol. The monoisotopic (exact) mass is 299 g/mol. The van der Waals surface area contributed by atoms with Crippen molar-refractivity contribution in [2.75, 3.05) is 18.5 Å². The van der Waals surface area contributed by atoms with Crippen molar-refractivity contribution in [2.45, 2.75) is 39.5 Å². The van der Waals surface area contributed by atoms with Crippen LogP contribution in [-0.4, -0.2) is 23.9 Å². The van der Waals surface area contributed by atoms with Crippen molar-refractivity contribution < 1.29 is 13.6 Å². The highest BCUT2D eigenvalue weighted by molar-refractivity contribution is 5.94. The number of hydrazine groups is 1. The molecule has 0 aromatic heterocycles. The summed E-state index contributed by atoms with van der Waals surface area (Å²) in [5, 5.41) is 0. The van der Waals surface area contributed by atoms with Gasteiger partial charge in [0.25, 0.3) is 5.91 Å². The van der Waals surface area contributed by atoms with Crippen LogP contribution in [0.4, 0.5) is 14.5 Å². The molecule has 0 spiro atoms. The molecule has 0 saturated carbocycles. The van der Waals surface area contributed by atoms with Crippen LogP contribution < -0.4 is 11.3 Å². The first-order valence-corrected chi connectivity index (χ1v) is 7.30. The fourth-order valence-electron chi connectivity index (χ4n) is 2.03. The molecule has 0 aliphatic heterocycles. The molecule has 21 heavy (non-hydrogen) atoms. The number of benzene rings is 1. The van der Waals surface area contributed by atoms with Gasteiger partial charge < -0.3 is 10.3 Å². The Labute approximate surface area is 124 Å². The average Bonchev–Trinajstić information content (AvgIpc) is 2.46. The number of carbonyl (C=O) groups is 1. The van der Waals surface area contributed by atoms with Gasteiger partial charge in [-0.1, -0.05) is 26.7 Å². The number of anilines is 1. The van der Waals surface area contributed by atoms with E-state index < -0.39 is 17.3 Å². The van der Waals surface area contributed by atoms with Crippen molar-refractivity contribution in [3.8, 4) is 0 Å². The number of amides is 1. The summed E-state index contributed by atoms with van der Waals surface area (Å²) in [5.41, 5.74) is 1.53. The van der Waals surface area contributed by atoms with Gasteiger partial charge in [0.05, 0.1) is 0 Å². The number of hydrogen-bond donors (Lipinski definition) is 2. The molecule has 0 radical (unpaired) electrons. The lowest BCUT2D eigenvalue weighted by atomic mass is 10.1. The van der Waals surface area contributed by atoms with Crippen molar-refractivity contribution in [3.05, 3.63) is 29.3 Å². The van der Waals surface area contributed by atoms with Crippen LogP contribution in [0.2, 0.25) is 0 Å². The number of nitrogens with zero attached hydrogens (tertiary/aromatic N) is 1. The Hall–Kier alpha value is -1.69. The van der Waals surface area contributed by atoms with E-state index in [-0.39, 0.29) is 11.5 Å². The molecule has 1 rings (SSSR count). The van der Waals surface area contributed by atoms with Crippen LogP contribution in [0.1, 0.15) is 49.9 Å². The molecular formula is C15H23F2N3O. The van der Waals surface area contributed by atoms with Crippen LogP contribution in [0, 0.1) is 11.6 Å². The normalized spacial score (nSPS) is 10.5. The highest BCUT2D eigenvalue weighted by Crippen LogP contribution is 2.21. The quantitative estimate of drug-likeness (QED) is 0.572. The summed E-state index contributed by atoms with van der Waals surface area (Å²) in [6, 6.07) is 2.04. The second kappa shape index (κ2) is 8.56. The molecule has 1 aromatic carbocycles. The van der Waals surface area contributed by atoms with E-state index in [9.17, 15) is 13.6 Å². The number of carbonyl (C=O) groups excluding carboxylic acids is 1. The summed E-state index contributed by atoms with van der Waals surface area (Å²) in [6.07, 6.45) is 3.63. The van der Waals surface area contributed by atoms with Crippen molar-refractivity contribution in [1.82, 2.24) is 4.90 Å². The molecule has 3 N–H and O–H groups in total. The Bertz CT molecular complexity index is 449. The summed E-state index contributed by atoms with van der Waals surface area (Å²) in [6.45, 7) is 5.25. The van der Waals surface area contributed by atoms with Crippen LogP contribution in [-0.2, 0) is 0 Å². The molecule has 0 heterocycles. The zero-order chi connectivity index (χ0) is 15.8. The van der Waals surface area contributed by atoms with Gasteiger partial charge in [-0.2, -0.15) is 0 Å². The SMILES string of the molecule is CCCCN(CCCC)C(=O)c1cc(F)c(NN)c(F)c1. The zero-order valence-corrected chi connectivity index (χ0v) is 12.6. The maximum Gasteiger partial charge on any atom is 0.254 e. The van der Waals surface area contributed by atoms with E-state index in [0.717, 1.165) is 37.8 Å². The molecule has 0 fully saturated rings. The van der Waals surface area contributed by atoms with E-state index in [1.54, 1.807) is 4.90 Å². The van der Waals surface area contributed by atoms with Crippen molar-refractivity contribution >= 4 is 11.6 Å². The Morgan fingerprint density at radius 2 is 1.62 bits per heavy atom. The van der Waals surface area contributed by atoms with Crippen molar-refractivity contribution in [1.29, 1.82) is 0 Å². The predicted octanol–water partition coefficient (Wildman–Crippen LogP) is 3.29. The number of unbranched alkanes of at least 4 members (excludes halogenated alkanes) is 2. The predicted molar refractivity (Wildman–Crippen MR) is 79.9 cm³/mol. The lowest BCUT2D eigenvalue weighted by molar-refractivity contribution is 0.0750. The van der Waals surface area contributed by atoms with Crippen LogP contribution >= 0.6 is 0 Å². The van der Waals surface area contributed by atoms with Crippen molar-refractivity contribution in [3.63, 3.8) is 0 Å². The minimum Gasteiger partial charge on any atom is -0.339 e. The van der Waals surface area contributed by atoms with Gasteiger partial charge >= 0.3 is 0 Å². The maximum atomic E-state index is 13.7. The molecule has 0 unspecified atom stereocenters. The second-order valence-electron chi connectivity index (χ2n) is 4.96. The van der Waals surface area contributed by atoms with Gasteiger partial charge in [0.2, 0.25) is 0 Å². The van der Waals surface area contributed by atoms with E-state index in [2.05, 4.69) is 0 Å². The standard InChI is InChI=1S/C15H23F2N3O/c1-3-5-7-20(8-6-4-2)15(21)11-9-12(16)14(19-18)13(17)10-11/h9-10,19H,3-8,18H2,1-2H3. The molecule has 4 nitrogen and oxygen atoms in total. The third kappa shape index (κ3) is 4.67. The third-order valence-electron chi connectivity index (χ3n) is 3.28. The first kappa shape index (κ1) is 17.4. The molecule has 0 saturated heterocycles. The molecule has 6 heteroatoms. The van der Waals surface area contributed by atoms with Crippen LogP contribution in [0.15, 0.2) is 12.1 Å². The number of hydrogen-bond acceptors (Lipinski definition) is 3. The molecule has 118 valence electrons. The Morgan fingerprint density at radius 3 is 2.00 bits per heavy atom. The zero-order valence-electron chi connectivity index (χ0n) is 12.6. The highest BCUT2D eigenvalue weighted by atomic mass is 19.1. The first-order valence-electron chi connectivity index (χ1n) is 7.30. The molecule has 1 amide bonds. The van der Waals surface area contributed by atoms with Crippen LogP contribution in [0.3, 0.4) is 0 Å². The summed E-state index contributed by atoms with van der Waals surface area (Å²) in [5.74, 6) is 2.96. The molecule has 0 bridgehead atoms. The Kier molecular flexibility index (Phi) is 7.08. The summed E-state index contributed by atoms with van der Waals surface area (Å²) in [7, 11) is 0. The Balaban J connectivity index is 2.96. The van der Waals surface area contributed by atoms with Crippen molar-refractivity contribution in [2.24, 2.45) is 5.84 Å².